The molecule has 0 aromatic heterocycles. The minimum absolute atomic E-state index is 0.432. The summed E-state index contributed by atoms with van der Waals surface area (Å²) in [4.78, 5) is 2.55. The number of hydrogen-bond donors (Lipinski definition) is 1. The van der Waals surface area contributed by atoms with Crippen LogP contribution in [0.3, 0.4) is 0 Å². The van der Waals surface area contributed by atoms with Crippen molar-refractivity contribution in [3.63, 3.8) is 0 Å². The van der Waals surface area contributed by atoms with Crippen molar-refractivity contribution in [3.05, 3.63) is 34.3 Å². The molecule has 0 spiro atoms. The van der Waals surface area contributed by atoms with Crippen LogP contribution >= 0.6 is 15.9 Å². The molecule has 0 saturated carbocycles. The van der Waals surface area contributed by atoms with Gasteiger partial charge in [-0.1, -0.05) is 35.0 Å². The maximum Gasteiger partial charge on any atom is 0.0292 e. The molecule has 3 heteroatoms. The van der Waals surface area contributed by atoms with Gasteiger partial charge in [0.25, 0.3) is 0 Å². The van der Waals surface area contributed by atoms with E-state index in [9.17, 15) is 0 Å². The monoisotopic (exact) mass is 324 g/mol. The maximum absolute atomic E-state index is 3.69. The van der Waals surface area contributed by atoms with Crippen molar-refractivity contribution in [2.24, 2.45) is 5.92 Å². The smallest absolute Gasteiger partial charge is 0.0292 e. The van der Waals surface area contributed by atoms with E-state index in [1.54, 1.807) is 0 Å². The first-order valence-corrected chi connectivity index (χ1v) is 8.19. The normalized spacial score (nSPS) is 19.5. The Kier molecular flexibility index (Phi) is 5.86. The maximum atomic E-state index is 3.69. The Bertz CT molecular complexity index is 386. The minimum Gasteiger partial charge on any atom is -0.310 e. The fraction of sp³-hybridized carbons (Fsp3) is 0.625. The van der Waals surface area contributed by atoms with E-state index in [0.717, 1.165) is 16.9 Å². The van der Waals surface area contributed by atoms with E-state index in [1.165, 1.54) is 38.0 Å². The molecular formula is C16H25BrN2. The molecule has 1 unspecified atom stereocenters. The number of piperidine rings is 1. The summed E-state index contributed by atoms with van der Waals surface area (Å²) in [6, 6.07) is 9.02. The van der Waals surface area contributed by atoms with Crippen molar-refractivity contribution in [1.29, 1.82) is 0 Å². The SMILES string of the molecule is CCN1CCC(CNC(C)c2cccc(Br)c2)CC1. The molecule has 1 heterocycles. The average molecular weight is 325 g/mol. The first-order valence-electron chi connectivity index (χ1n) is 7.40. The molecule has 106 valence electrons. The number of halogens is 1. The molecule has 0 aliphatic carbocycles. The molecule has 1 saturated heterocycles. The molecule has 2 rings (SSSR count). The van der Waals surface area contributed by atoms with Crippen molar-refractivity contribution >= 4 is 15.9 Å². The molecule has 0 bridgehead atoms. The number of benzene rings is 1. The number of likely N-dealkylation sites (tertiary alicyclic amines) is 1. The third-order valence-corrected chi connectivity index (χ3v) is 4.71. The van der Waals surface area contributed by atoms with E-state index < -0.39 is 0 Å². The number of hydrogen-bond acceptors (Lipinski definition) is 2. The molecule has 1 fully saturated rings. The van der Waals surface area contributed by atoms with E-state index in [-0.39, 0.29) is 0 Å². The summed E-state index contributed by atoms with van der Waals surface area (Å²) in [6.45, 7) is 9.40. The average Bonchev–Trinajstić information content (AvgIpc) is 2.45. The molecule has 1 aromatic carbocycles. The summed E-state index contributed by atoms with van der Waals surface area (Å²) < 4.78 is 1.16. The van der Waals surface area contributed by atoms with Gasteiger partial charge in [-0.3, -0.25) is 0 Å². The predicted octanol–water partition coefficient (Wildman–Crippen LogP) is 3.83. The zero-order chi connectivity index (χ0) is 13.7. The molecule has 2 nitrogen and oxygen atoms in total. The molecule has 1 aromatic rings. The molecule has 19 heavy (non-hydrogen) atoms. The Morgan fingerprint density at radius 3 is 2.74 bits per heavy atom. The lowest BCUT2D eigenvalue weighted by Gasteiger charge is -2.31. The topological polar surface area (TPSA) is 15.3 Å². The van der Waals surface area contributed by atoms with Crippen molar-refractivity contribution < 1.29 is 0 Å². The zero-order valence-corrected chi connectivity index (χ0v) is 13.6. The Labute approximate surface area is 125 Å². The summed E-state index contributed by atoms with van der Waals surface area (Å²) in [5.74, 6) is 0.845. The van der Waals surface area contributed by atoms with Crippen molar-refractivity contribution in [1.82, 2.24) is 10.2 Å². The van der Waals surface area contributed by atoms with Gasteiger partial charge in [-0.25, -0.2) is 0 Å². The van der Waals surface area contributed by atoms with Crippen LogP contribution in [0.15, 0.2) is 28.7 Å². The zero-order valence-electron chi connectivity index (χ0n) is 12.0. The van der Waals surface area contributed by atoms with Gasteiger partial charge in [0.1, 0.15) is 0 Å². The molecule has 1 aliphatic heterocycles. The first kappa shape index (κ1) is 15.0. The van der Waals surface area contributed by atoms with Crippen LogP contribution in [0, 0.1) is 5.92 Å². The van der Waals surface area contributed by atoms with Gasteiger partial charge in [0, 0.05) is 10.5 Å². The Balaban J connectivity index is 1.76. The van der Waals surface area contributed by atoms with Gasteiger partial charge < -0.3 is 10.2 Å². The van der Waals surface area contributed by atoms with Gasteiger partial charge in [-0.15, -0.1) is 0 Å². The van der Waals surface area contributed by atoms with E-state index in [1.807, 2.05) is 0 Å². The third kappa shape index (κ3) is 4.59. The van der Waals surface area contributed by atoms with Crippen LogP contribution in [0.2, 0.25) is 0 Å². The molecule has 0 amide bonds. The Morgan fingerprint density at radius 1 is 1.37 bits per heavy atom. The van der Waals surface area contributed by atoms with E-state index in [0.29, 0.717) is 6.04 Å². The van der Waals surface area contributed by atoms with Crippen molar-refractivity contribution in [2.45, 2.75) is 32.7 Å². The molecular weight excluding hydrogens is 300 g/mol. The molecule has 1 N–H and O–H groups in total. The summed E-state index contributed by atoms with van der Waals surface area (Å²) in [5, 5.41) is 3.69. The van der Waals surface area contributed by atoms with Crippen LogP contribution in [-0.2, 0) is 0 Å². The lowest BCUT2D eigenvalue weighted by molar-refractivity contribution is 0.188. The molecule has 0 radical (unpaired) electrons. The predicted molar refractivity (Wildman–Crippen MR) is 85.4 cm³/mol. The van der Waals surface area contributed by atoms with Gasteiger partial charge in [-0.2, -0.15) is 0 Å². The standard InChI is InChI=1S/C16H25BrN2/c1-3-19-9-7-14(8-10-19)12-18-13(2)15-5-4-6-16(17)11-15/h4-6,11,13-14,18H,3,7-10,12H2,1-2H3. The summed E-state index contributed by atoms with van der Waals surface area (Å²) in [5.41, 5.74) is 1.36. The van der Waals surface area contributed by atoms with E-state index >= 15 is 0 Å². The van der Waals surface area contributed by atoms with Gasteiger partial charge in [-0.05, 0) is 69.6 Å². The first-order chi connectivity index (χ1) is 9.19. The second kappa shape index (κ2) is 7.41. The fourth-order valence-corrected chi connectivity index (χ4v) is 3.16. The van der Waals surface area contributed by atoms with Gasteiger partial charge >= 0.3 is 0 Å². The second-order valence-electron chi connectivity index (χ2n) is 5.56. The van der Waals surface area contributed by atoms with Crippen molar-refractivity contribution in [3.8, 4) is 0 Å². The van der Waals surface area contributed by atoms with Crippen LogP contribution in [-0.4, -0.2) is 31.1 Å². The fourth-order valence-electron chi connectivity index (χ4n) is 2.74. The van der Waals surface area contributed by atoms with Crippen LogP contribution in [0.1, 0.15) is 38.3 Å². The van der Waals surface area contributed by atoms with Crippen LogP contribution in [0.4, 0.5) is 0 Å². The van der Waals surface area contributed by atoms with Gasteiger partial charge in [0.2, 0.25) is 0 Å². The quantitative estimate of drug-likeness (QED) is 0.885. The molecule has 1 aliphatic rings. The summed E-state index contributed by atoms with van der Waals surface area (Å²) >= 11 is 3.54. The number of nitrogens with one attached hydrogen (secondary N) is 1. The highest BCUT2D eigenvalue weighted by atomic mass is 79.9. The minimum atomic E-state index is 0.432. The van der Waals surface area contributed by atoms with Crippen LogP contribution in [0.5, 0.6) is 0 Å². The van der Waals surface area contributed by atoms with Crippen molar-refractivity contribution in [2.75, 3.05) is 26.2 Å². The highest BCUT2D eigenvalue weighted by molar-refractivity contribution is 9.10. The van der Waals surface area contributed by atoms with Crippen LogP contribution in [0.25, 0.3) is 0 Å². The number of nitrogens with zero attached hydrogens (tertiary/aromatic N) is 1. The van der Waals surface area contributed by atoms with E-state index in [4.69, 9.17) is 0 Å². The number of rotatable bonds is 5. The Hall–Kier alpha value is -0.380. The van der Waals surface area contributed by atoms with Gasteiger partial charge in [0.05, 0.1) is 0 Å². The highest BCUT2D eigenvalue weighted by Gasteiger charge is 2.18. The summed E-state index contributed by atoms with van der Waals surface area (Å²) in [6.07, 6.45) is 2.68. The Morgan fingerprint density at radius 2 is 2.11 bits per heavy atom. The lowest BCUT2D eigenvalue weighted by Crippen LogP contribution is -2.37. The van der Waals surface area contributed by atoms with Gasteiger partial charge in [0.15, 0.2) is 0 Å². The lowest BCUT2D eigenvalue weighted by atomic mass is 9.96. The molecule has 1 atom stereocenters. The third-order valence-electron chi connectivity index (χ3n) is 4.22. The summed E-state index contributed by atoms with van der Waals surface area (Å²) in [7, 11) is 0. The largest absolute Gasteiger partial charge is 0.310 e. The second-order valence-corrected chi connectivity index (χ2v) is 6.48. The van der Waals surface area contributed by atoms with E-state index in [2.05, 4.69) is 64.3 Å². The van der Waals surface area contributed by atoms with Crippen LogP contribution < -0.4 is 5.32 Å². The highest BCUT2D eigenvalue weighted by Crippen LogP contribution is 2.20.